The van der Waals surface area contributed by atoms with Gasteiger partial charge in [-0.05, 0) is 34.1 Å². The highest BCUT2D eigenvalue weighted by atomic mass is 79.9. The van der Waals surface area contributed by atoms with Crippen LogP contribution in [0.25, 0.3) is 0 Å². The van der Waals surface area contributed by atoms with Gasteiger partial charge >= 0.3 is 5.97 Å². The molecule has 0 aliphatic heterocycles. The summed E-state index contributed by atoms with van der Waals surface area (Å²) >= 11 is 3.23. The van der Waals surface area contributed by atoms with Gasteiger partial charge in [0.1, 0.15) is 0 Å². The molecule has 82 valence electrons. The molecule has 5 heteroatoms. The molecule has 0 aliphatic rings. The molecule has 0 atom stereocenters. The van der Waals surface area contributed by atoms with Crippen LogP contribution in [0.3, 0.4) is 0 Å². The summed E-state index contributed by atoms with van der Waals surface area (Å²) in [5, 5.41) is 0. The third-order valence-electron chi connectivity index (χ3n) is 1.71. The second-order valence-electron chi connectivity index (χ2n) is 2.80. The van der Waals surface area contributed by atoms with Crippen molar-refractivity contribution in [1.82, 2.24) is 0 Å². The summed E-state index contributed by atoms with van der Waals surface area (Å²) in [5.41, 5.74) is 5.87. The van der Waals surface area contributed by atoms with Crippen molar-refractivity contribution >= 4 is 27.8 Å². The van der Waals surface area contributed by atoms with Gasteiger partial charge < -0.3 is 10.5 Å². The van der Waals surface area contributed by atoms with Gasteiger partial charge in [0.25, 0.3) is 5.91 Å². The van der Waals surface area contributed by atoms with Gasteiger partial charge in [-0.15, -0.1) is 0 Å². The molecular formula is C11H8BrNO3. The first-order valence-corrected chi connectivity index (χ1v) is 5.03. The SMILES string of the molecule is COC(=O)c1ccc(C#CC(N)=O)c(Br)c1. The summed E-state index contributed by atoms with van der Waals surface area (Å²) < 4.78 is 5.16. The number of benzene rings is 1. The number of primary amides is 1. The van der Waals surface area contributed by atoms with Gasteiger partial charge in [-0.3, -0.25) is 4.79 Å². The summed E-state index contributed by atoms with van der Waals surface area (Å²) in [6.45, 7) is 0. The number of amides is 1. The van der Waals surface area contributed by atoms with Crippen molar-refractivity contribution in [2.45, 2.75) is 0 Å². The van der Waals surface area contributed by atoms with Crippen LogP contribution in [-0.4, -0.2) is 19.0 Å². The minimum absolute atomic E-state index is 0.402. The van der Waals surface area contributed by atoms with Crippen LogP contribution >= 0.6 is 15.9 Å². The number of halogens is 1. The molecule has 0 aliphatic carbocycles. The standard InChI is InChI=1S/C11H8BrNO3/c1-16-11(15)8-3-2-7(9(12)6-8)4-5-10(13)14/h2-3,6H,1H3,(H2,13,14). The number of rotatable bonds is 1. The number of hydrogen-bond acceptors (Lipinski definition) is 3. The lowest BCUT2D eigenvalue weighted by Gasteiger charge is -2.01. The minimum Gasteiger partial charge on any atom is -0.465 e. The molecule has 1 rings (SSSR count). The molecule has 0 saturated carbocycles. The Morgan fingerprint density at radius 2 is 2.12 bits per heavy atom. The average molecular weight is 282 g/mol. The molecule has 0 fully saturated rings. The van der Waals surface area contributed by atoms with E-state index in [1.54, 1.807) is 18.2 Å². The molecule has 0 radical (unpaired) electrons. The van der Waals surface area contributed by atoms with Crippen molar-refractivity contribution in [1.29, 1.82) is 0 Å². The van der Waals surface area contributed by atoms with Gasteiger partial charge in [0.15, 0.2) is 0 Å². The van der Waals surface area contributed by atoms with Gasteiger partial charge in [0, 0.05) is 16.0 Å². The topological polar surface area (TPSA) is 69.4 Å². The van der Waals surface area contributed by atoms with Crippen LogP contribution in [0.5, 0.6) is 0 Å². The lowest BCUT2D eigenvalue weighted by atomic mass is 10.1. The fourth-order valence-corrected chi connectivity index (χ4v) is 1.47. The van der Waals surface area contributed by atoms with E-state index in [0.29, 0.717) is 15.6 Å². The molecule has 4 nitrogen and oxygen atoms in total. The Morgan fingerprint density at radius 1 is 1.44 bits per heavy atom. The van der Waals surface area contributed by atoms with Gasteiger partial charge in [-0.2, -0.15) is 0 Å². The first kappa shape index (κ1) is 12.3. The molecule has 2 N–H and O–H groups in total. The number of methoxy groups -OCH3 is 1. The molecule has 0 spiro atoms. The highest BCUT2D eigenvalue weighted by molar-refractivity contribution is 9.10. The first-order valence-electron chi connectivity index (χ1n) is 4.24. The number of esters is 1. The average Bonchev–Trinajstić information content (AvgIpc) is 2.26. The molecule has 1 amide bonds. The van der Waals surface area contributed by atoms with E-state index in [2.05, 4.69) is 32.5 Å². The maximum Gasteiger partial charge on any atom is 0.337 e. The van der Waals surface area contributed by atoms with Crippen LogP contribution in [-0.2, 0) is 9.53 Å². The Balaban J connectivity index is 3.06. The zero-order chi connectivity index (χ0) is 12.1. The number of carbonyl (C=O) groups is 2. The van der Waals surface area contributed by atoms with Crippen molar-refractivity contribution in [2.75, 3.05) is 7.11 Å². The van der Waals surface area contributed by atoms with Crippen LogP contribution in [0, 0.1) is 11.8 Å². The Kier molecular flexibility index (Phi) is 4.09. The van der Waals surface area contributed by atoms with Gasteiger partial charge in [-0.25, -0.2) is 4.79 Å². The molecule has 1 aromatic rings. The largest absolute Gasteiger partial charge is 0.465 e. The Labute approximate surface area is 101 Å². The van der Waals surface area contributed by atoms with Gasteiger partial charge in [0.05, 0.1) is 12.7 Å². The van der Waals surface area contributed by atoms with Crippen LogP contribution < -0.4 is 5.73 Å². The number of ether oxygens (including phenoxy) is 1. The predicted octanol–water partition coefficient (Wildman–Crippen LogP) is 1.07. The Bertz CT molecular complexity index is 500. The van der Waals surface area contributed by atoms with Gasteiger partial charge in [0.2, 0.25) is 0 Å². The maximum absolute atomic E-state index is 11.2. The smallest absolute Gasteiger partial charge is 0.337 e. The second kappa shape index (κ2) is 5.33. The summed E-state index contributed by atoms with van der Waals surface area (Å²) in [4.78, 5) is 21.7. The van der Waals surface area contributed by atoms with Crippen LogP contribution in [0.15, 0.2) is 22.7 Å². The summed E-state index contributed by atoms with van der Waals surface area (Å²) in [6.07, 6.45) is 0. The molecule has 0 heterocycles. The highest BCUT2D eigenvalue weighted by Crippen LogP contribution is 2.18. The molecule has 0 aromatic heterocycles. The van der Waals surface area contributed by atoms with E-state index in [9.17, 15) is 9.59 Å². The molecule has 0 unspecified atom stereocenters. The van der Waals surface area contributed by atoms with Crippen molar-refractivity contribution in [3.8, 4) is 11.8 Å². The number of carbonyl (C=O) groups excluding carboxylic acids is 2. The fourth-order valence-electron chi connectivity index (χ4n) is 0.990. The van der Waals surface area contributed by atoms with Gasteiger partial charge in [-0.1, -0.05) is 5.92 Å². The van der Waals surface area contributed by atoms with Crippen LogP contribution in [0.2, 0.25) is 0 Å². The van der Waals surface area contributed by atoms with E-state index in [-0.39, 0.29) is 0 Å². The Morgan fingerprint density at radius 3 is 2.62 bits per heavy atom. The lowest BCUT2D eigenvalue weighted by Crippen LogP contribution is -2.06. The normalized spacial score (nSPS) is 8.88. The van der Waals surface area contributed by atoms with Crippen molar-refractivity contribution in [3.05, 3.63) is 33.8 Å². The molecule has 16 heavy (non-hydrogen) atoms. The van der Waals surface area contributed by atoms with E-state index < -0.39 is 11.9 Å². The monoisotopic (exact) mass is 281 g/mol. The Hall–Kier alpha value is -1.80. The van der Waals surface area contributed by atoms with E-state index in [0.717, 1.165) is 0 Å². The second-order valence-corrected chi connectivity index (χ2v) is 3.65. The minimum atomic E-state index is -0.705. The third-order valence-corrected chi connectivity index (χ3v) is 2.37. The van der Waals surface area contributed by atoms with Crippen LogP contribution in [0.4, 0.5) is 0 Å². The van der Waals surface area contributed by atoms with E-state index in [4.69, 9.17) is 5.73 Å². The third kappa shape index (κ3) is 3.11. The van der Waals surface area contributed by atoms with Crippen molar-refractivity contribution < 1.29 is 14.3 Å². The lowest BCUT2D eigenvalue weighted by molar-refractivity contribution is -0.112. The van der Waals surface area contributed by atoms with E-state index in [1.807, 2.05) is 0 Å². The summed E-state index contributed by atoms with van der Waals surface area (Å²) in [5.74, 6) is 3.64. The number of hydrogen-bond donors (Lipinski definition) is 1. The van der Waals surface area contributed by atoms with Crippen molar-refractivity contribution in [3.63, 3.8) is 0 Å². The highest BCUT2D eigenvalue weighted by Gasteiger charge is 2.07. The fraction of sp³-hybridized carbons (Fsp3) is 0.0909. The van der Waals surface area contributed by atoms with Crippen molar-refractivity contribution in [2.24, 2.45) is 5.73 Å². The quantitative estimate of drug-likeness (QED) is 0.619. The zero-order valence-electron chi connectivity index (χ0n) is 8.41. The van der Waals surface area contributed by atoms with Crippen LogP contribution in [0.1, 0.15) is 15.9 Å². The zero-order valence-corrected chi connectivity index (χ0v) is 10.00. The predicted molar refractivity (Wildman–Crippen MR) is 61.6 cm³/mol. The molecular weight excluding hydrogens is 274 g/mol. The van der Waals surface area contributed by atoms with E-state index in [1.165, 1.54) is 7.11 Å². The molecule has 0 saturated heterocycles. The molecule has 1 aromatic carbocycles. The number of nitrogens with two attached hydrogens (primary N) is 1. The maximum atomic E-state index is 11.2. The van der Waals surface area contributed by atoms with E-state index >= 15 is 0 Å². The first-order chi connectivity index (χ1) is 7.54. The summed E-state index contributed by atoms with van der Waals surface area (Å²) in [6, 6.07) is 4.73. The molecule has 0 bridgehead atoms. The summed E-state index contributed by atoms with van der Waals surface area (Å²) in [7, 11) is 1.30.